The summed E-state index contributed by atoms with van der Waals surface area (Å²) >= 11 is 6.25. The maximum Gasteiger partial charge on any atom is 0.338 e. The van der Waals surface area contributed by atoms with Crippen molar-refractivity contribution >= 4 is 29.5 Å². The first-order valence-electron chi connectivity index (χ1n) is 13.9. The molecule has 3 aromatic rings. The number of carbonyl (C=O) groups is 3. The van der Waals surface area contributed by atoms with Gasteiger partial charge < -0.3 is 19.7 Å². The number of hydrogen-bond acceptors (Lipinski definition) is 6. The summed E-state index contributed by atoms with van der Waals surface area (Å²) in [5.74, 6) is 0.650. The molecule has 218 valence electrons. The summed E-state index contributed by atoms with van der Waals surface area (Å²) < 4.78 is 11.5. The predicted octanol–water partition coefficient (Wildman–Crippen LogP) is 5.10. The van der Waals surface area contributed by atoms with Crippen molar-refractivity contribution in [3.63, 3.8) is 0 Å². The Morgan fingerprint density at radius 2 is 1.62 bits per heavy atom. The summed E-state index contributed by atoms with van der Waals surface area (Å²) in [5.41, 5.74) is 2.10. The second kappa shape index (κ2) is 13.1. The number of amides is 3. The molecule has 3 aromatic carbocycles. The molecule has 42 heavy (non-hydrogen) atoms. The van der Waals surface area contributed by atoms with E-state index in [4.69, 9.17) is 21.1 Å². The number of carbonyl (C=O) groups excluding carboxylic acids is 3. The summed E-state index contributed by atoms with van der Waals surface area (Å²) in [6.07, 6.45) is 0. The van der Waals surface area contributed by atoms with Crippen molar-refractivity contribution in [1.29, 1.82) is 0 Å². The van der Waals surface area contributed by atoms with Crippen molar-refractivity contribution in [2.24, 2.45) is 0 Å². The third kappa shape index (κ3) is 6.42. The Labute approximate surface area is 250 Å². The minimum absolute atomic E-state index is 0.112. The van der Waals surface area contributed by atoms with E-state index in [1.807, 2.05) is 54.6 Å². The van der Waals surface area contributed by atoms with Crippen LogP contribution in [-0.2, 0) is 9.53 Å². The van der Waals surface area contributed by atoms with E-state index < -0.39 is 12.0 Å². The van der Waals surface area contributed by atoms with Crippen LogP contribution in [0, 0.1) is 0 Å². The lowest BCUT2D eigenvalue weighted by atomic mass is 9.94. The molecule has 9 nitrogen and oxygen atoms in total. The van der Waals surface area contributed by atoms with Crippen molar-refractivity contribution in [3.8, 4) is 11.5 Å². The van der Waals surface area contributed by atoms with Crippen molar-refractivity contribution in [3.05, 3.63) is 106 Å². The lowest BCUT2D eigenvalue weighted by molar-refractivity contribution is -0.139. The van der Waals surface area contributed by atoms with E-state index in [1.165, 1.54) is 4.90 Å². The molecule has 1 saturated heterocycles. The van der Waals surface area contributed by atoms with E-state index in [-0.39, 0.29) is 18.5 Å². The molecule has 0 unspecified atom stereocenters. The zero-order chi connectivity index (χ0) is 29.6. The quantitative estimate of drug-likeness (QED) is 0.368. The molecule has 2 aliphatic heterocycles. The third-order valence-electron chi connectivity index (χ3n) is 7.38. The van der Waals surface area contributed by atoms with Gasteiger partial charge in [-0.25, -0.2) is 9.59 Å². The minimum atomic E-state index is -0.731. The topological polar surface area (TPSA) is 91.4 Å². The van der Waals surface area contributed by atoms with Crippen LogP contribution in [-0.4, -0.2) is 79.0 Å². The number of hydrogen-bond donors (Lipinski definition) is 1. The summed E-state index contributed by atoms with van der Waals surface area (Å²) in [5, 5.41) is 3.39. The van der Waals surface area contributed by atoms with E-state index in [1.54, 1.807) is 43.1 Å². The second-order valence-electron chi connectivity index (χ2n) is 10.1. The number of halogens is 1. The van der Waals surface area contributed by atoms with Gasteiger partial charge in [0.2, 0.25) is 0 Å². The molecule has 1 fully saturated rings. The molecular formula is C32H33ClN4O5. The highest BCUT2D eigenvalue weighted by Crippen LogP contribution is 2.34. The molecule has 0 radical (unpaired) electrons. The number of benzene rings is 3. The van der Waals surface area contributed by atoms with Crippen molar-refractivity contribution < 1.29 is 23.9 Å². The molecule has 0 bridgehead atoms. The van der Waals surface area contributed by atoms with E-state index >= 15 is 0 Å². The van der Waals surface area contributed by atoms with Crippen LogP contribution in [0.25, 0.3) is 0 Å². The molecule has 2 heterocycles. The van der Waals surface area contributed by atoms with Crippen molar-refractivity contribution in [2.75, 3.05) is 46.4 Å². The lowest BCUT2D eigenvalue weighted by Crippen LogP contribution is -2.53. The highest BCUT2D eigenvalue weighted by molar-refractivity contribution is 6.33. The van der Waals surface area contributed by atoms with Gasteiger partial charge >= 0.3 is 12.0 Å². The fourth-order valence-electron chi connectivity index (χ4n) is 5.16. The normalized spacial score (nSPS) is 17.6. The first-order valence-corrected chi connectivity index (χ1v) is 14.3. The monoisotopic (exact) mass is 588 g/mol. The average Bonchev–Trinajstić information content (AvgIpc) is 3.00. The fourth-order valence-corrected chi connectivity index (χ4v) is 5.37. The summed E-state index contributed by atoms with van der Waals surface area (Å²) in [6, 6.07) is 22.7. The van der Waals surface area contributed by atoms with Gasteiger partial charge in [-0.3, -0.25) is 14.6 Å². The van der Waals surface area contributed by atoms with Crippen LogP contribution in [0.3, 0.4) is 0 Å². The molecule has 3 amide bonds. The van der Waals surface area contributed by atoms with Gasteiger partial charge in [0, 0.05) is 45.5 Å². The molecule has 0 spiro atoms. The number of ether oxygens (including phenoxy) is 2. The Bertz CT molecular complexity index is 1490. The number of likely N-dealkylation sites (N-methyl/N-ethyl adjacent to an activating group) is 1. The Balaban J connectivity index is 1.39. The van der Waals surface area contributed by atoms with E-state index in [9.17, 15) is 14.4 Å². The number of piperazine rings is 1. The molecule has 0 saturated carbocycles. The molecule has 2 aliphatic rings. The number of para-hydroxylation sites is 1. The van der Waals surface area contributed by atoms with Gasteiger partial charge in [-0.2, -0.15) is 0 Å². The first kappa shape index (κ1) is 29.2. The first-order chi connectivity index (χ1) is 20.4. The van der Waals surface area contributed by atoms with E-state index in [0.717, 1.165) is 0 Å². The molecule has 0 aliphatic carbocycles. The number of nitrogens with one attached hydrogen (secondary N) is 1. The minimum Gasteiger partial charge on any atom is -0.463 e. The lowest BCUT2D eigenvalue weighted by Gasteiger charge is -2.39. The van der Waals surface area contributed by atoms with Gasteiger partial charge in [0.25, 0.3) is 5.91 Å². The Morgan fingerprint density at radius 1 is 0.929 bits per heavy atom. The van der Waals surface area contributed by atoms with Crippen LogP contribution >= 0.6 is 11.6 Å². The Hall–Kier alpha value is -4.34. The van der Waals surface area contributed by atoms with E-state index in [0.29, 0.717) is 71.6 Å². The van der Waals surface area contributed by atoms with Crippen LogP contribution in [0.5, 0.6) is 11.5 Å². The van der Waals surface area contributed by atoms with Gasteiger partial charge in [-0.15, -0.1) is 0 Å². The summed E-state index contributed by atoms with van der Waals surface area (Å²) in [7, 11) is 1.65. The van der Waals surface area contributed by atoms with Crippen LogP contribution in [0.4, 0.5) is 4.79 Å². The fraction of sp³-hybridized carbons (Fsp3) is 0.281. The molecule has 1 atom stereocenters. The van der Waals surface area contributed by atoms with Gasteiger partial charge in [0.15, 0.2) is 0 Å². The van der Waals surface area contributed by atoms with Gasteiger partial charge in [-0.1, -0.05) is 54.1 Å². The summed E-state index contributed by atoms with van der Waals surface area (Å²) in [4.78, 5) is 45.0. The standard InChI is InChI=1S/C32H33ClN4O5/c1-3-41-31(39)28-27(21-36-16-18-37(19-17-36)30(38)25-14-7-8-15-26(25)33)35(2)32(40)34-29(28)22-10-9-13-24(20-22)42-23-11-5-4-6-12-23/h4-15,20,29H,3,16-19,21H2,1-2H3,(H,34,40)/t29-/m1/s1. The smallest absolute Gasteiger partial charge is 0.338 e. The number of rotatable bonds is 8. The average molecular weight is 589 g/mol. The SMILES string of the molecule is CCOC(=O)C1=C(CN2CCN(C(=O)c3ccccc3Cl)CC2)N(C)C(=O)N[C@@H]1c1cccc(Oc2ccccc2)c1. The van der Waals surface area contributed by atoms with Gasteiger partial charge in [-0.05, 0) is 48.9 Å². The number of nitrogens with zero attached hydrogens (tertiary/aromatic N) is 3. The van der Waals surface area contributed by atoms with Crippen molar-refractivity contribution in [2.45, 2.75) is 13.0 Å². The Kier molecular flexibility index (Phi) is 9.09. The second-order valence-corrected chi connectivity index (χ2v) is 10.5. The third-order valence-corrected chi connectivity index (χ3v) is 7.71. The maximum atomic E-state index is 13.4. The predicted molar refractivity (Wildman–Crippen MR) is 159 cm³/mol. The molecule has 0 aromatic heterocycles. The number of esters is 1. The summed E-state index contributed by atoms with van der Waals surface area (Å²) in [6.45, 7) is 4.39. The highest BCUT2D eigenvalue weighted by atomic mass is 35.5. The van der Waals surface area contributed by atoms with Crippen molar-refractivity contribution in [1.82, 2.24) is 20.0 Å². The van der Waals surface area contributed by atoms with Crippen LogP contribution in [0.2, 0.25) is 5.02 Å². The zero-order valence-corrected chi connectivity index (χ0v) is 24.3. The van der Waals surface area contributed by atoms with Crippen LogP contribution in [0.1, 0.15) is 28.9 Å². The zero-order valence-electron chi connectivity index (χ0n) is 23.6. The maximum absolute atomic E-state index is 13.4. The molecule has 10 heteroatoms. The highest BCUT2D eigenvalue weighted by Gasteiger charge is 2.38. The van der Waals surface area contributed by atoms with Crippen LogP contribution < -0.4 is 10.1 Å². The van der Waals surface area contributed by atoms with Gasteiger partial charge in [0.05, 0.1) is 28.8 Å². The molecule has 5 rings (SSSR count). The largest absolute Gasteiger partial charge is 0.463 e. The van der Waals surface area contributed by atoms with Gasteiger partial charge in [0.1, 0.15) is 11.5 Å². The molecule has 1 N–H and O–H groups in total. The van der Waals surface area contributed by atoms with E-state index in [2.05, 4.69) is 10.2 Å². The number of urea groups is 1. The van der Waals surface area contributed by atoms with Crippen LogP contribution in [0.15, 0.2) is 90.1 Å². The molecular weight excluding hydrogens is 556 g/mol. The Morgan fingerprint density at radius 3 is 2.33 bits per heavy atom.